The molecule has 1 N–H and O–H groups in total. The van der Waals surface area contributed by atoms with E-state index in [0.717, 1.165) is 31.6 Å². The van der Waals surface area contributed by atoms with Crippen LogP contribution < -0.4 is 5.32 Å². The fourth-order valence-corrected chi connectivity index (χ4v) is 3.46. The van der Waals surface area contributed by atoms with Crippen molar-refractivity contribution in [1.29, 1.82) is 0 Å². The van der Waals surface area contributed by atoms with Gasteiger partial charge in [0.05, 0.1) is 22.2 Å². The first-order valence-corrected chi connectivity index (χ1v) is 9.91. The summed E-state index contributed by atoms with van der Waals surface area (Å²) < 4.78 is 0. The number of carbonyl (C=O) groups excluding carboxylic acids is 2. The Morgan fingerprint density at radius 3 is 2.68 bits per heavy atom. The van der Waals surface area contributed by atoms with Crippen molar-refractivity contribution in [2.24, 2.45) is 0 Å². The number of carbonyl (C=O) groups is 2. The average Bonchev–Trinajstić information content (AvgIpc) is 2.95. The summed E-state index contributed by atoms with van der Waals surface area (Å²) in [5.74, 6) is -0.369. The van der Waals surface area contributed by atoms with Gasteiger partial charge in [0, 0.05) is 45.1 Å². The molecular formula is C20H22Cl2N4O2. The smallest absolute Gasteiger partial charge is 0.253 e. The molecule has 1 saturated heterocycles. The highest BCUT2D eigenvalue weighted by atomic mass is 35.5. The lowest BCUT2D eigenvalue weighted by Gasteiger charge is -2.22. The third-order valence-corrected chi connectivity index (χ3v) is 5.39. The first-order valence-electron chi connectivity index (χ1n) is 9.15. The molecule has 2 amide bonds. The lowest BCUT2D eigenvalue weighted by atomic mass is 10.2. The number of amides is 2. The Kier molecular flexibility index (Phi) is 7.25. The number of halogens is 2. The number of hydrogen-bond donors (Lipinski definition) is 1. The van der Waals surface area contributed by atoms with Crippen molar-refractivity contribution < 1.29 is 9.59 Å². The van der Waals surface area contributed by atoms with Crippen LogP contribution in [0.3, 0.4) is 0 Å². The summed E-state index contributed by atoms with van der Waals surface area (Å²) in [4.78, 5) is 32.5. The molecule has 1 aliphatic heterocycles. The van der Waals surface area contributed by atoms with Gasteiger partial charge in [-0.15, -0.1) is 0 Å². The second-order valence-corrected chi connectivity index (χ2v) is 7.50. The van der Waals surface area contributed by atoms with Crippen LogP contribution in [0, 0.1) is 0 Å². The Morgan fingerprint density at radius 2 is 1.93 bits per heavy atom. The molecule has 1 aliphatic rings. The van der Waals surface area contributed by atoms with Crippen molar-refractivity contribution in [1.82, 2.24) is 20.1 Å². The van der Waals surface area contributed by atoms with Crippen LogP contribution in [0.25, 0.3) is 0 Å². The van der Waals surface area contributed by atoms with Crippen LogP contribution in [0.5, 0.6) is 0 Å². The zero-order valence-corrected chi connectivity index (χ0v) is 16.9. The molecule has 148 valence electrons. The maximum Gasteiger partial charge on any atom is 0.253 e. The first kappa shape index (κ1) is 20.6. The summed E-state index contributed by atoms with van der Waals surface area (Å²) in [6, 6.07) is 9.01. The van der Waals surface area contributed by atoms with E-state index in [1.165, 1.54) is 6.20 Å². The number of rotatable bonds is 5. The molecule has 0 aliphatic carbocycles. The summed E-state index contributed by atoms with van der Waals surface area (Å²) in [5, 5.41) is 3.77. The Balaban J connectivity index is 1.48. The summed E-state index contributed by atoms with van der Waals surface area (Å²) in [7, 11) is 0. The average molecular weight is 421 g/mol. The minimum atomic E-state index is -0.294. The molecule has 28 heavy (non-hydrogen) atoms. The molecule has 2 aromatic rings. The molecule has 0 atom stereocenters. The number of benzene rings is 1. The molecule has 1 fully saturated rings. The van der Waals surface area contributed by atoms with Gasteiger partial charge in [-0.3, -0.25) is 19.5 Å². The fourth-order valence-electron chi connectivity index (χ4n) is 3.14. The Morgan fingerprint density at radius 1 is 1.07 bits per heavy atom. The monoisotopic (exact) mass is 420 g/mol. The van der Waals surface area contributed by atoms with Gasteiger partial charge >= 0.3 is 0 Å². The van der Waals surface area contributed by atoms with E-state index >= 15 is 0 Å². The number of hydrogen-bond acceptors (Lipinski definition) is 4. The highest BCUT2D eigenvalue weighted by Crippen LogP contribution is 2.23. The molecule has 0 bridgehead atoms. The molecule has 1 aromatic carbocycles. The molecule has 0 radical (unpaired) electrons. The topological polar surface area (TPSA) is 65.5 Å². The lowest BCUT2D eigenvalue weighted by Crippen LogP contribution is -2.42. The van der Waals surface area contributed by atoms with E-state index in [0.29, 0.717) is 28.7 Å². The maximum absolute atomic E-state index is 12.5. The van der Waals surface area contributed by atoms with Crippen LogP contribution in [-0.4, -0.2) is 59.3 Å². The standard InChI is InChI=1S/C20H22Cl2N4O2/c21-17-5-4-15(11-18(17)22)14-25-7-2-8-26(10-9-25)19(27)13-24-20(28)16-3-1-6-23-12-16/h1,3-6,11-12H,2,7-10,13-14H2,(H,24,28). The number of nitrogens with zero attached hydrogens (tertiary/aromatic N) is 3. The van der Waals surface area contributed by atoms with Crippen LogP contribution in [-0.2, 0) is 11.3 Å². The van der Waals surface area contributed by atoms with Gasteiger partial charge in [-0.1, -0.05) is 29.3 Å². The summed E-state index contributed by atoms with van der Waals surface area (Å²) in [6.07, 6.45) is 3.96. The van der Waals surface area contributed by atoms with E-state index in [4.69, 9.17) is 23.2 Å². The van der Waals surface area contributed by atoms with E-state index in [1.807, 2.05) is 12.1 Å². The van der Waals surface area contributed by atoms with Gasteiger partial charge in [-0.2, -0.15) is 0 Å². The normalized spacial score (nSPS) is 15.1. The molecule has 2 heterocycles. The summed E-state index contributed by atoms with van der Waals surface area (Å²) in [5.41, 5.74) is 1.54. The van der Waals surface area contributed by atoms with Crippen molar-refractivity contribution in [3.8, 4) is 0 Å². The molecule has 8 heteroatoms. The zero-order chi connectivity index (χ0) is 19.9. The Hall–Kier alpha value is -2.15. The lowest BCUT2D eigenvalue weighted by molar-refractivity contribution is -0.130. The molecule has 1 aromatic heterocycles. The number of pyridine rings is 1. The van der Waals surface area contributed by atoms with Gasteiger partial charge in [0.2, 0.25) is 5.91 Å². The van der Waals surface area contributed by atoms with E-state index < -0.39 is 0 Å². The second kappa shape index (κ2) is 9.87. The van der Waals surface area contributed by atoms with Crippen LogP contribution in [0.4, 0.5) is 0 Å². The van der Waals surface area contributed by atoms with Crippen LogP contribution >= 0.6 is 23.2 Å². The fraction of sp³-hybridized carbons (Fsp3) is 0.350. The molecule has 6 nitrogen and oxygen atoms in total. The van der Waals surface area contributed by atoms with Gasteiger partial charge in [-0.05, 0) is 36.2 Å². The largest absolute Gasteiger partial charge is 0.343 e. The van der Waals surface area contributed by atoms with E-state index in [1.54, 1.807) is 29.3 Å². The van der Waals surface area contributed by atoms with Crippen molar-refractivity contribution in [2.75, 3.05) is 32.7 Å². The third kappa shape index (κ3) is 5.67. The Labute approximate surface area is 174 Å². The minimum Gasteiger partial charge on any atom is -0.343 e. The van der Waals surface area contributed by atoms with Gasteiger partial charge in [-0.25, -0.2) is 0 Å². The molecule has 0 unspecified atom stereocenters. The van der Waals surface area contributed by atoms with Crippen LogP contribution in [0.1, 0.15) is 22.3 Å². The van der Waals surface area contributed by atoms with E-state index in [9.17, 15) is 9.59 Å². The van der Waals surface area contributed by atoms with Gasteiger partial charge in [0.25, 0.3) is 5.91 Å². The van der Waals surface area contributed by atoms with Crippen molar-refractivity contribution in [2.45, 2.75) is 13.0 Å². The highest BCUT2D eigenvalue weighted by molar-refractivity contribution is 6.42. The van der Waals surface area contributed by atoms with E-state index in [-0.39, 0.29) is 18.4 Å². The summed E-state index contributed by atoms with van der Waals surface area (Å²) in [6.45, 7) is 3.72. The highest BCUT2D eigenvalue weighted by Gasteiger charge is 2.20. The zero-order valence-electron chi connectivity index (χ0n) is 15.4. The predicted molar refractivity (Wildman–Crippen MR) is 110 cm³/mol. The van der Waals surface area contributed by atoms with E-state index in [2.05, 4.69) is 15.2 Å². The van der Waals surface area contributed by atoms with Crippen LogP contribution in [0.15, 0.2) is 42.7 Å². The molecule has 0 spiro atoms. The molecule has 3 rings (SSSR count). The number of nitrogens with one attached hydrogen (secondary N) is 1. The van der Waals surface area contributed by atoms with Crippen LogP contribution in [0.2, 0.25) is 10.0 Å². The Bertz CT molecular complexity index is 832. The van der Waals surface area contributed by atoms with Crippen molar-refractivity contribution >= 4 is 35.0 Å². The molecular weight excluding hydrogens is 399 g/mol. The second-order valence-electron chi connectivity index (χ2n) is 6.68. The third-order valence-electron chi connectivity index (χ3n) is 4.66. The van der Waals surface area contributed by atoms with Gasteiger partial charge < -0.3 is 10.2 Å². The predicted octanol–water partition coefficient (Wildman–Crippen LogP) is 2.85. The van der Waals surface area contributed by atoms with Crippen molar-refractivity contribution in [3.05, 3.63) is 63.9 Å². The summed E-state index contributed by atoms with van der Waals surface area (Å²) >= 11 is 12.1. The molecule has 0 saturated carbocycles. The maximum atomic E-state index is 12.5. The quantitative estimate of drug-likeness (QED) is 0.807. The first-order chi connectivity index (χ1) is 13.5. The van der Waals surface area contributed by atoms with Gasteiger partial charge in [0.1, 0.15) is 0 Å². The minimum absolute atomic E-state index is 0.0134. The van der Waals surface area contributed by atoms with Crippen molar-refractivity contribution in [3.63, 3.8) is 0 Å². The number of aromatic nitrogens is 1. The SMILES string of the molecule is O=C(NCC(=O)N1CCCN(Cc2ccc(Cl)c(Cl)c2)CC1)c1cccnc1. The van der Waals surface area contributed by atoms with Gasteiger partial charge in [0.15, 0.2) is 0 Å².